The molecule has 1 N–H and O–H groups in total. The van der Waals surface area contributed by atoms with Crippen LogP contribution in [0.1, 0.15) is 12.5 Å². The number of carbonyl (C=O) groups excluding carboxylic acids is 1. The largest absolute Gasteiger partial charge is 0.418 e. The molecule has 1 heterocycles. The molecule has 0 saturated heterocycles. The van der Waals surface area contributed by atoms with Crippen LogP contribution in [0.2, 0.25) is 0 Å². The number of nitrogens with one attached hydrogen (secondary N) is 1. The van der Waals surface area contributed by atoms with Crippen molar-refractivity contribution in [1.29, 1.82) is 0 Å². The topological polar surface area (TPSA) is 111 Å². The van der Waals surface area contributed by atoms with E-state index in [1.807, 2.05) is 60.7 Å². The Morgan fingerprint density at radius 1 is 0.946 bits per heavy atom. The molecule has 0 bridgehead atoms. The molecule has 1 amide bonds. The molecule has 0 aliphatic heterocycles. The molecule has 0 fully saturated rings. The molecule has 3 aromatic carbocycles. The second kappa shape index (κ2) is 10.7. The summed E-state index contributed by atoms with van der Waals surface area (Å²) in [6, 6.07) is 20.7. The van der Waals surface area contributed by atoms with Crippen molar-refractivity contribution in [3.05, 3.63) is 94.5 Å². The summed E-state index contributed by atoms with van der Waals surface area (Å²) in [6.07, 6.45) is -4.91. The predicted octanol–water partition coefficient (Wildman–Crippen LogP) is 6.25. The van der Waals surface area contributed by atoms with Crippen molar-refractivity contribution in [3.63, 3.8) is 0 Å². The smallest absolute Gasteiger partial charge is 0.325 e. The lowest BCUT2D eigenvalue weighted by Crippen LogP contribution is -2.24. The molecule has 0 aliphatic rings. The van der Waals surface area contributed by atoms with Gasteiger partial charge in [0.2, 0.25) is 11.1 Å². The van der Waals surface area contributed by atoms with Crippen LogP contribution in [0.5, 0.6) is 0 Å². The highest BCUT2D eigenvalue weighted by molar-refractivity contribution is 8.00. The fourth-order valence-corrected chi connectivity index (χ4v) is 4.10. The van der Waals surface area contributed by atoms with Gasteiger partial charge in [0, 0.05) is 23.3 Å². The number of rotatable bonds is 7. The lowest BCUT2D eigenvalue weighted by Gasteiger charge is -2.16. The molecule has 1 aromatic heterocycles. The number of carbonyl (C=O) groups is 1. The van der Waals surface area contributed by atoms with Crippen molar-refractivity contribution in [2.75, 3.05) is 5.32 Å². The van der Waals surface area contributed by atoms with Crippen molar-refractivity contribution in [1.82, 2.24) is 15.2 Å². The maximum absolute atomic E-state index is 13.5. The van der Waals surface area contributed by atoms with Crippen LogP contribution in [0.4, 0.5) is 24.5 Å². The molecule has 0 saturated carbocycles. The van der Waals surface area contributed by atoms with Crippen molar-refractivity contribution in [2.24, 2.45) is 0 Å². The van der Waals surface area contributed by atoms with Crippen molar-refractivity contribution in [3.8, 4) is 22.5 Å². The van der Waals surface area contributed by atoms with Gasteiger partial charge in [-0.1, -0.05) is 72.4 Å². The van der Waals surface area contributed by atoms with Crippen molar-refractivity contribution >= 4 is 29.0 Å². The summed E-state index contributed by atoms with van der Waals surface area (Å²) in [5.41, 5.74) is -0.0000486. The average molecular weight is 526 g/mol. The lowest BCUT2D eigenvalue weighted by atomic mass is 10.0. The minimum absolute atomic E-state index is 0.154. The number of non-ortho nitro benzene ring substituents is 1. The minimum Gasteiger partial charge on any atom is -0.325 e. The first-order chi connectivity index (χ1) is 17.6. The number of benzene rings is 3. The van der Waals surface area contributed by atoms with Gasteiger partial charge < -0.3 is 5.32 Å². The van der Waals surface area contributed by atoms with E-state index in [0.717, 1.165) is 35.0 Å². The summed E-state index contributed by atoms with van der Waals surface area (Å²) >= 11 is 0.919. The molecule has 4 aromatic rings. The Hall–Kier alpha value is -4.32. The molecular formula is C25H18F3N5O3S. The van der Waals surface area contributed by atoms with Crippen LogP contribution in [0.15, 0.2) is 84.0 Å². The van der Waals surface area contributed by atoms with Gasteiger partial charge in [-0.3, -0.25) is 14.9 Å². The molecule has 0 spiro atoms. The first-order valence-corrected chi connectivity index (χ1v) is 11.7. The molecule has 8 nitrogen and oxygen atoms in total. The Labute approximate surface area is 213 Å². The standard InChI is InChI=1S/C25H18F3N5O3S/c1-15(23(34)29-20-13-12-18(33(35)36)14-19(20)25(26,27)28)37-24-30-21(16-8-4-2-5-9-16)22(31-32-24)17-10-6-3-7-11-17/h2-15H,1H3,(H,29,34)/t15-/m1/s1. The van der Waals surface area contributed by atoms with Gasteiger partial charge in [-0.25, -0.2) is 4.98 Å². The Balaban J connectivity index is 1.60. The van der Waals surface area contributed by atoms with Crippen LogP contribution >= 0.6 is 11.8 Å². The quantitative estimate of drug-likeness (QED) is 0.172. The van der Waals surface area contributed by atoms with E-state index in [0.29, 0.717) is 17.5 Å². The summed E-state index contributed by atoms with van der Waals surface area (Å²) in [5, 5.41) is 20.8. The van der Waals surface area contributed by atoms with E-state index in [9.17, 15) is 28.1 Å². The van der Waals surface area contributed by atoms with Crippen LogP contribution in [-0.2, 0) is 11.0 Å². The monoisotopic (exact) mass is 525 g/mol. The summed E-state index contributed by atoms with van der Waals surface area (Å²) < 4.78 is 40.4. The third kappa shape index (κ3) is 6.09. The summed E-state index contributed by atoms with van der Waals surface area (Å²) in [6.45, 7) is 1.48. The second-order valence-electron chi connectivity index (χ2n) is 7.76. The van der Waals surface area contributed by atoms with Crippen LogP contribution in [0.3, 0.4) is 0 Å². The molecule has 0 unspecified atom stereocenters. The van der Waals surface area contributed by atoms with E-state index in [4.69, 9.17) is 0 Å². The number of thioether (sulfide) groups is 1. The first kappa shape index (κ1) is 25.8. The Morgan fingerprint density at radius 2 is 1.54 bits per heavy atom. The normalized spacial score (nSPS) is 12.1. The number of hydrogen-bond acceptors (Lipinski definition) is 7. The maximum atomic E-state index is 13.5. The zero-order valence-corrected chi connectivity index (χ0v) is 20.0. The molecular weight excluding hydrogens is 507 g/mol. The van der Waals surface area contributed by atoms with Gasteiger partial charge >= 0.3 is 6.18 Å². The molecule has 4 rings (SSSR count). The summed E-state index contributed by atoms with van der Waals surface area (Å²) in [4.78, 5) is 27.3. The summed E-state index contributed by atoms with van der Waals surface area (Å²) in [7, 11) is 0. The number of amides is 1. The van der Waals surface area contributed by atoms with Gasteiger partial charge in [0.15, 0.2) is 0 Å². The molecule has 1 atom stereocenters. The van der Waals surface area contributed by atoms with Gasteiger partial charge in [0.25, 0.3) is 5.69 Å². The number of aromatic nitrogens is 3. The van der Waals surface area contributed by atoms with Gasteiger partial charge in [-0.05, 0) is 13.0 Å². The Bertz CT molecular complexity index is 1440. The zero-order chi connectivity index (χ0) is 26.6. The van der Waals surface area contributed by atoms with E-state index in [1.54, 1.807) is 0 Å². The SMILES string of the molecule is C[C@@H](Sc1nnc(-c2ccccc2)c(-c2ccccc2)n1)C(=O)Nc1ccc([N+](=O)[O-])cc1C(F)(F)F. The highest BCUT2D eigenvalue weighted by atomic mass is 32.2. The number of nitrogens with zero attached hydrogens (tertiary/aromatic N) is 4. The molecule has 188 valence electrons. The number of anilines is 1. The van der Waals surface area contributed by atoms with Crippen LogP contribution < -0.4 is 5.32 Å². The molecule has 37 heavy (non-hydrogen) atoms. The fraction of sp³-hybridized carbons (Fsp3) is 0.120. The van der Waals surface area contributed by atoms with Gasteiger partial charge in [-0.2, -0.15) is 13.2 Å². The van der Waals surface area contributed by atoms with Crippen molar-refractivity contribution in [2.45, 2.75) is 23.5 Å². The third-order valence-electron chi connectivity index (χ3n) is 5.19. The van der Waals surface area contributed by atoms with Crippen molar-refractivity contribution < 1.29 is 22.9 Å². The number of nitro benzene ring substituents is 1. The number of alkyl halides is 3. The van der Waals surface area contributed by atoms with E-state index >= 15 is 0 Å². The lowest BCUT2D eigenvalue weighted by molar-refractivity contribution is -0.385. The molecule has 0 radical (unpaired) electrons. The maximum Gasteiger partial charge on any atom is 0.418 e. The Kier molecular flexibility index (Phi) is 7.48. The summed E-state index contributed by atoms with van der Waals surface area (Å²) in [5.74, 6) is -0.763. The number of halogens is 3. The van der Waals surface area contributed by atoms with E-state index in [1.165, 1.54) is 6.92 Å². The van der Waals surface area contributed by atoms with Crippen LogP contribution in [0.25, 0.3) is 22.5 Å². The van der Waals surface area contributed by atoms with E-state index in [2.05, 4.69) is 20.5 Å². The molecule has 12 heteroatoms. The highest BCUT2D eigenvalue weighted by Gasteiger charge is 2.36. The third-order valence-corrected chi connectivity index (χ3v) is 6.14. The van der Waals surface area contributed by atoms with Gasteiger partial charge in [0.1, 0.15) is 11.4 Å². The highest BCUT2D eigenvalue weighted by Crippen LogP contribution is 2.37. The first-order valence-electron chi connectivity index (χ1n) is 10.8. The second-order valence-corrected chi connectivity index (χ2v) is 9.07. The number of nitro groups is 1. The van der Waals surface area contributed by atoms with Crippen LogP contribution in [-0.4, -0.2) is 31.3 Å². The van der Waals surface area contributed by atoms with Gasteiger partial charge in [0.05, 0.1) is 21.4 Å². The minimum atomic E-state index is -4.91. The van der Waals surface area contributed by atoms with E-state index < -0.39 is 39.2 Å². The Morgan fingerprint density at radius 3 is 2.11 bits per heavy atom. The van der Waals surface area contributed by atoms with E-state index in [-0.39, 0.29) is 5.16 Å². The van der Waals surface area contributed by atoms with Crippen LogP contribution in [0, 0.1) is 10.1 Å². The zero-order valence-electron chi connectivity index (χ0n) is 19.1. The van der Waals surface area contributed by atoms with Gasteiger partial charge in [-0.15, -0.1) is 10.2 Å². The predicted molar refractivity (Wildman–Crippen MR) is 133 cm³/mol. The fourth-order valence-electron chi connectivity index (χ4n) is 3.38. The number of hydrogen-bond donors (Lipinski definition) is 1. The molecule has 0 aliphatic carbocycles. The average Bonchev–Trinajstić information content (AvgIpc) is 2.89.